The van der Waals surface area contributed by atoms with E-state index >= 15 is 0 Å². The van der Waals surface area contributed by atoms with E-state index in [1.54, 1.807) is 29.4 Å². The van der Waals surface area contributed by atoms with E-state index < -0.39 is 17.4 Å². The van der Waals surface area contributed by atoms with Crippen molar-refractivity contribution in [3.63, 3.8) is 0 Å². The number of hydrogen-bond donors (Lipinski definition) is 1. The number of amidine groups is 1. The van der Waals surface area contributed by atoms with E-state index in [4.69, 9.17) is 18.9 Å². The van der Waals surface area contributed by atoms with Gasteiger partial charge in [-0.05, 0) is 72.5 Å². The lowest BCUT2D eigenvalue weighted by atomic mass is 10.1. The van der Waals surface area contributed by atoms with Crippen molar-refractivity contribution < 1.29 is 28.3 Å². The number of nitrogens with zero attached hydrogens (tertiary/aromatic N) is 3. The number of carbonyl (C=O) groups is 3. The molecule has 0 spiro atoms. The van der Waals surface area contributed by atoms with Gasteiger partial charge in [-0.15, -0.1) is 0 Å². The van der Waals surface area contributed by atoms with Gasteiger partial charge in [0.15, 0.2) is 5.17 Å². The van der Waals surface area contributed by atoms with E-state index in [0.717, 1.165) is 11.1 Å². The first-order chi connectivity index (χ1) is 24.5. The van der Waals surface area contributed by atoms with E-state index in [9.17, 15) is 14.4 Å². The standard InChI is InChI=1S/C39H34N4O6S/c44-36(34-17-8-22-42(34)39(46)48-26-27-10-3-1-4-11-27)40-29-20-18-28(19-21-29)35-37(45)43(25-33-16-9-23-47-33)38(50-35)41-30-12-7-15-32(24-30)49-31-13-5-2-6-14-31/h1-7,9-16,18-21,23-24,34-35H,8,17,22,25-26H2,(H,40,44)/b41-38-/t34-,35?/m0/s1. The number of thioether (sulfide) groups is 1. The van der Waals surface area contributed by atoms with Crippen LogP contribution in [-0.2, 0) is 27.5 Å². The molecule has 10 nitrogen and oxygen atoms in total. The van der Waals surface area contributed by atoms with Crippen LogP contribution in [0.15, 0.2) is 137 Å². The number of benzene rings is 4. The quantitative estimate of drug-likeness (QED) is 0.157. The first-order valence-electron chi connectivity index (χ1n) is 16.3. The average molecular weight is 687 g/mol. The fraction of sp³-hybridized carbons (Fsp3) is 0.179. The summed E-state index contributed by atoms with van der Waals surface area (Å²) in [6.07, 6.45) is 2.33. The number of rotatable bonds is 10. The van der Waals surface area contributed by atoms with Crippen LogP contribution in [-0.4, -0.2) is 45.5 Å². The Morgan fingerprint density at radius 1 is 0.880 bits per heavy atom. The third kappa shape index (κ3) is 7.74. The molecule has 2 saturated heterocycles. The highest BCUT2D eigenvalue weighted by atomic mass is 32.2. The highest BCUT2D eigenvalue weighted by molar-refractivity contribution is 8.15. The van der Waals surface area contributed by atoms with Crippen molar-refractivity contribution >= 4 is 46.2 Å². The van der Waals surface area contributed by atoms with E-state index in [-0.39, 0.29) is 25.0 Å². The molecule has 2 fully saturated rings. The second-order valence-electron chi connectivity index (χ2n) is 11.8. The maximum absolute atomic E-state index is 13.9. The first kappa shape index (κ1) is 32.7. The number of likely N-dealkylation sites (tertiary alicyclic amines) is 1. The molecule has 1 aromatic heterocycles. The minimum absolute atomic E-state index is 0.130. The fourth-order valence-corrected chi connectivity index (χ4v) is 7.01. The van der Waals surface area contributed by atoms with Gasteiger partial charge in [-0.25, -0.2) is 9.79 Å². The summed E-state index contributed by atoms with van der Waals surface area (Å²) in [6, 6.07) is 36.5. The van der Waals surface area contributed by atoms with Crippen molar-refractivity contribution in [2.24, 2.45) is 4.99 Å². The maximum Gasteiger partial charge on any atom is 0.410 e. The Morgan fingerprint density at radius 2 is 1.64 bits per heavy atom. The van der Waals surface area contributed by atoms with E-state index in [1.165, 1.54) is 16.7 Å². The SMILES string of the molecule is O=C(Nc1ccc(C2S/C(=N\c3cccc(Oc4ccccc4)c3)N(Cc3ccco3)C2=O)cc1)[C@@H]1CCCN1C(=O)OCc1ccccc1. The van der Waals surface area contributed by atoms with Crippen molar-refractivity contribution in [1.29, 1.82) is 0 Å². The van der Waals surface area contributed by atoms with E-state index in [1.807, 2.05) is 103 Å². The average Bonchev–Trinajstić information content (AvgIpc) is 3.91. The van der Waals surface area contributed by atoms with Gasteiger partial charge in [0.1, 0.15) is 35.2 Å². The van der Waals surface area contributed by atoms with Crippen LogP contribution in [0.2, 0.25) is 0 Å². The number of nitrogens with one attached hydrogen (secondary N) is 1. The summed E-state index contributed by atoms with van der Waals surface area (Å²) < 4.78 is 17.1. The van der Waals surface area contributed by atoms with Crippen LogP contribution >= 0.6 is 11.8 Å². The van der Waals surface area contributed by atoms with Gasteiger partial charge in [0.2, 0.25) is 11.8 Å². The third-order valence-corrected chi connectivity index (χ3v) is 9.57. The second kappa shape index (κ2) is 15.2. The molecule has 0 saturated carbocycles. The number of anilines is 1. The van der Waals surface area contributed by atoms with Gasteiger partial charge in [0, 0.05) is 18.3 Å². The van der Waals surface area contributed by atoms with Crippen molar-refractivity contribution in [2.45, 2.75) is 37.3 Å². The largest absolute Gasteiger partial charge is 0.467 e. The molecule has 2 aliphatic heterocycles. The third-order valence-electron chi connectivity index (χ3n) is 8.34. The van der Waals surface area contributed by atoms with Gasteiger partial charge >= 0.3 is 6.09 Å². The molecule has 50 heavy (non-hydrogen) atoms. The zero-order valence-corrected chi connectivity index (χ0v) is 27.8. The van der Waals surface area contributed by atoms with Gasteiger partial charge in [0.25, 0.3) is 0 Å². The molecule has 11 heteroatoms. The Hall–Kier alpha value is -5.81. The molecule has 4 aromatic carbocycles. The number of hydrogen-bond acceptors (Lipinski definition) is 8. The van der Waals surface area contributed by atoms with Gasteiger partial charge in [-0.2, -0.15) is 0 Å². The lowest BCUT2D eigenvalue weighted by Gasteiger charge is -2.23. The molecule has 3 amide bonds. The smallest absolute Gasteiger partial charge is 0.410 e. The number of para-hydroxylation sites is 1. The minimum Gasteiger partial charge on any atom is -0.467 e. The summed E-state index contributed by atoms with van der Waals surface area (Å²) in [5, 5.41) is 2.92. The predicted molar refractivity (Wildman–Crippen MR) is 191 cm³/mol. The van der Waals surface area contributed by atoms with Crippen molar-refractivity contribution in [1.82, 2.24) is 9.80 Å². The molecule has 0 bridgehead atoms. The number of aliphatic imine (C=N–C) groups is 1. The van der Waals surface area contributed by atoms with Crippen LogP contribution in [0.1, 0.15) is 35.0 Å². The Balaban J connectivity index is 1.03. The zero-order chi connectivity index (χ0) is 34.3. The summed E-state index contributed by atoms with van der Waals surface area (Å²) in [5.41, 5.74) is 2.85. The molecule has 0 radical (unpaired) electrons. The van der Waals surface area contributed by atoms with E-state index in [0.29, 0.717) is 53.2 Å². The molecule has 2 atom stereocenters. The summed E-state index contributed by atoms with van der Waals surface area (Å²) in [4.78, 5) is 47.9. The molecule has 3 heterocycles. The maximum atomic E-state index is 13.9. The minimum atomic E-state index is -0.629. The molecular weight excluding hydrogens is 653 g/mol. The normalized spacial score (nSPS) is 18.0. The molecule has 1 unspecified atom stereocenters. The Kier molecular flexibility index (Phi) is 9.93. The molecule has 5 aromatic rings. The Bertz CT molecular complexity index is 1970. The molecule has 7 rings (SSSR count). The monoisotopic (exact) mass is 686 g/mol. The summed E-state index contributed by atoms with van der Waals surface area (Å²) in [5.74, 6) is 1.56. The molecule has 1 N–H and O–H groups in total. The molecule has 0 aliphatic carbocycles. The highest BCUT2D eigenvalue weighted by Gasteiger charge is 2.40. The first-order valence-corrected chi connectivity index (χ1v) is 17.2. The van der Waals surface area contributed by atoms with Gasteiger partial charge in [-0.1, -0.05) is 78.5 Å². The van der Waals surface area contributed by atoms with Gasteiger partial charge < -0.3 is 19.2 Å². The summed E-state index contributed by atoms with van der Waals surface area (Å²) in [7, 11) is 0. The van der Waals surface area contributed by atoms with E-state index in [2.05, 4.69) is 5.32 Å². The number of ether oxygens (including phenoxy) is 2. The number of carbonyl (C=O) groups excluding carboxylic acids is 3. The van der Waals surface area contributed by atoms with Crippen molar-refractivity contribution in [3.8, 4) is 11.5 Å². The molecular formula is C39H34N4O6S. The fourth-order valence-electron chi connectivity index (χ4n) is 5.83. The van der Waals surface area contributed by atoms with Crippen LogP contribution in [0.5, 0.6) is 11.5 Å². The van der Waals surface area contributed by atoms with Gasteiger partial charge in [-0.3, -0.25) is 19.4 Å². The molecule has 2 aliphatic rings. The summed E-state index contributed by atoms with van der Waals surface area (Å²) in [6.45, 7) is 0.826. The lowest BCUT2D eigenvalue weighted by molar-refractivity contribution is -0.126. The Labute approximate surface area is 293 Å². The van der Waals surface area contributed by atoms with Crippen LogP contribution in [0.25, 0.3) is 0 Å². The number of amides is 3. The molecule has 252 valence electrons. The highest BCUT2D eigenvalue weighted by Crippen LogP contribution is 2.42. The predicted octanol–water partition coefficient (Wildman–Crippen LogP) is 8.32. The van der Waals surface area contributed by atoms with Crippen molar-refractivity contribution in [2.75, 3.05) is 11.9 Å². The lowest BCUT2D eigenvalue weighted by Crippen LogP contribution is -2.43. The van der Waals surface area contributed by atoms with Gasteiger partial charge in [0.05, 0.1) is 18.5 Å². The van der Waals surface area contributed by atoms with Crippen LogP contribution in [0.4, 0.5) is 16.2 Å². The van der Waals surface area contributed by atoms with Crippen LogP contribution < -0.4 is 10.1 Å². The topological polar surface area (TPSA) is 114 Å². The zero-order valence-electron chi connectivity index (χ0n) is 27.0. The second-order valence-corrected chi connectivity index (χ2v) is 12.9. The Morgan fingerprint density at radius 3 is 2.40 bits per heavy atom. The number of furan rings is 1. The summed E-state index contributed by atoms with van der Waals surface area (Å²) >= 11 is 1.35. The van der Waals surface area contributed by atoms with Crippen LogP contribution in [0.3, 0.4) is 0 Å². The van der Waals surface area contributed by atoms with Crippen LogP contribution in [0, 0.1) is 0 Å². The van der Waals surface area contributed by atoms with Crippen molar-refractivity contribution in [3.05, 3.63) is 144 Å².